The zero-order chi connectivity index (χ0) is 16.9. The van der Waals surface area contributed by atoms with Gasteiger partial charge in [-0.25, -0.2) is 0 Å². The monoisotopic (exact) mass is 336 g/mol. The number of hydrogen-bond donors (Lipinski definition) is 1. The lowest BCUT2D eigenvalue weighted by molar-refractivity contribution is 0.0792. The second-order valence-electron chi connectivity index (χ2n) is 6.56. The second kappa shape index (κ2) is 5.37. The number of aliphatic hydroxyl groups is 1. The summed E-state index contributed by atoms with van der Waals surface area (Å²) >= 11 is 6.14. The molecule has 0 radical (unpaired) electrons. The summed E-state index contributed by atoms with van der Waals surface area (Å²) in [6, 6.07) is 19.8. The van der Waals surface area contributed by atoms with Crippen LogP contribution in [0.4, 0.5) is 0 Å². The van der Waals surface area contributed by atoms with Crippen LogP contribution in [0.2, 0.25) is 5.02 Å². The number of benzene rings is 3. The molecular formula is C21H17ClO2. The first-order chi connectivity index (χ1) is 11.4. The van der Waals surface area contributed by atoms with Gasteiger partial charge in [-0.3, -0.25) is 0 Å². The van der Waals surface area contributed by atoms with E-state index in [-0.39, 0.29) is 0 Å². The van der Waals surface area contributed by atoms with Gasteiger partial charge in [-0.05, 0) is 60.9 Å². The van der Waals surface area contributed by atoms with Gasteiger partial charge in [0.05, 0.1) is 5.60 Å². The highest BCUT2D eigenvalue weighted by Crippen LogP contribution is 2.37. The van der Waals surface area contributed by atoms with Crippen molar-refractivity contribution < 1.29 is 9.52 Å². The first kappa shape index (κ1) is 15.3. The van der Waals surface area contributed by atoms with Crippen molar-refractivity contribution in [2.45, 2.75) is 19.4 Å². The molecule has 0 unspecified atom stereocenters. The van der Waals surface area contributed by atoms with Crippen LogP contribution in [0.25, 0.3) is 33.1 Å². The smallest absolute Gasteiger partial charge is 0.135 e. The highest BCUT2D eigenvalue weighted by molar-refractivity contribution is 6.30. The van der Waals surface area contributed by atoms with Crippen LogP contribution in [0.15, 0.2) is 65.1 Å². The molecule has 3 aromatic carbocycles. The summed E-state index contributed by atoms with van der Waals surface area (Å²) in [5, 5.41) is 13.3. The van der Waals surface area contributed by atoms with Gasteiger partial charge in [-0.2, -0.15) is 0 Å². The zero-order valence-electron chi connectivity index (χ0n) is 13.5. The number of rotatable bonds is 2. The Labute approximate surface area is 145 Å². The standard InChI is InChI=1S/C21H17ClO2/c1-21(2,23)18-12-14(22)8-9-15(18)13-7-10-20-17(11-13)16-5-3-4-6-19(16)24-20/h3-12,23H,1-2H3. The maximum Gasteiger partial charge on any atom is 0.135 e. The third kappa shape index (κ3) is 2.48. The molecule has 0 spiro atoms. The Morgan fingerprint density at radius 3 is 2.42 bits per heavy atom. The van der Waals surface area contributed by atoms with Crippen molar-refractivity contribution in [1.82, 2.24) is 0 Å². The number of fused-ring (bicyclic) bond motifs is 3. The molecule has 4 aromatic rings. The molecule has 1 aromatic heterocycles. The summed E-state index contributed by atoms with van der Waals surface area (Å²) in [6.07, 6.45) is 0. The lowest BCUT2D eigenvalue weighted by Gasteiger charge is -2.22. The van der Waals surface area contributed by atoms with Gasteiger partial charge in [0.15, 0.2) is 0 Å². The fourth-order valence-electron chi connectivity index (χ4n) is 3.17. The number of furan rings is 1. The molecule has 0 saturated heterocycles. The van der Waals surface area contributed by atoms with Gasteiger partial charge in [0.25, 0.3) is 0 Å². The van der Waals surface area contributed by atoms with Crippen molar-refractivity contribution in [1.29, 1.82) is 0 Å². The Bertz CT molecular complexity index is 1050. The van der Waals surface area contributed by atoms with Gasteiger partial charge < -0.3 is 9.52 Å². The summed E-state index contributed by atoms with van der Waals surface area (Å²) in [6.45, 7) is 3.54. The lowest BCUT2D eigenvalue weighted by atomic mass is 9.89. The van der Waals surface area contributed by atoms with Crippen LogP contribution in [0, 0.1) is 0 Å². The number of halogens is 1. The molecule has 4 rings (SSSR count). The van der Waals surface area contributed by atoms with Crippen molar-refractivity contribution >= 4 is 33.5 Å². The average molecular weight is 337 g/mol. The van der Waals surface area contributed by atoms with Crippen LogP contribution in [0.5, 0.6) is 0 Å². The Kier molecular flexibility index (Phi) is 3.41. The highest BCUT2D eigenvalue weighted by atomic mass is 35.5. The van der Waals surface area contributed by atoms with Gasteiger partial charge >= 0.3 is 0 Å². The summed E-state index contributed by atoms with van der Waals surface area (Å²) in [5.41, 5.74) is 3.57. The van der Waals surface area contributed by atoms with E-state index in [2.05, 4.69) is 12.1 Å². The molecule has 0 aliphatic heterocycles. The maximum atomic E-state index is 10.5. The van der Waals surface area contributed by atoms with Gasteiger partial charge in [0, 0.05) is 15.8 Å². The van der Waals surface area contributed by atoms with E-state index in [0.29, 0.717) is 5.02 Å². The summed E-state index contributed by atoms with van der Waals surface area (Å²) in [7, 11) is 0. The molecule has 1 N–H and O–H groups in total. The summed E-state index contributed by atoms with van der Waals surface area (Å²) < 4.78 is 5.89. The molecule has 0 amide bonds. The minimum Gasteiger partial charge on any atom is -0.456 e. The second-order valence-corrected chi connectivity index (χ2v) is 6.99. The number of hydrogen-bond acceptors (Lipinski definition) is 2. The molecule has 0 fully saturated rings. The van der Waals surface area contributed by atoms with Crippen LogP contribution in [0.3, 0.4) is 0 Å². The normalized spacial score (nSPS) is 12.2. The van der Waals surface area contributed by atoms with E-state index in [4.69, 9.17) is 16.0 Å². The lowest BCUT2D eigenvalue weighted by Crippen LogP contribution is -2.16. The first-order valence-corrected chi connectivity index (χ1v) is 8.25. The predicted octanol–water partition coefficient (Wildman–Crippen LogP) is 6.13. The minimum absolute atomic E-state index is 0.616. The molecule has 24 heavy (non-hydrogen) atoms. The molecule has 0 saturated carbocycles. The Morgan fingerprint density at radius 2 is 1.62 bits per heavy atom. The first-order valence-electron chi connectivity index (χ1n) is 7.87. The molecule has 0 bridgehead atoms. The van der Waals surface area contributed by atoms with E-state index >= 15 is 0 Å². The molecule has 2 nitrogen and oxygen atoms in total. The molecule has 0 atom stereocenters. The van der Waals surface area contributed by atoms with Crippen molar-refractivity contribution in [2.24, 2.45) is 0 Å². The fraction of sp³-hybridized carbons (Fsp3) is 0.143. The third-order valence-electron chi connectivity index (χ3n) is 4.33. The topological polar surface area (TPSA) is 33.4 Å². The van der Waals surface area contributed by atoms with Gasteiger partial charge in [0.1, 0.15) is 11.2 Å². The van der Waals surface area contributed by atoms with E-state index in [1.54, 1.807) is 13.8 Å². The van der Waals surface area contributed by atoms with Crippen LogP contribution in [0.1, 0.15) is 19.4 Å². The Balaban J connectivity index is 1.99. The van der Waals surface area contributed by atoms with Crippen LogP contribution < -0.4 is 0 Å². The van der Waals surface area contributed by atoms with Crippen molar-refractivity contribution in [3.8, 4) is 11.1 Å². The molecule has 120 valence electrons. The van der Waals surface area contributed by atoms with Crippen LogP contribution in [-0.2, 0) is 5.60 Å². The van der Waals surface area contributed by atoms with E-state index in [1.807, 2.05) is 48.5 Å². The summed E-state index contributed by atoms with van der Waals surface area (Å²) in [4.78, 5) is 0. The van der Waals surface area contributed by atoms with Crippen LogP contribution >= 0.6 is 11.6 Å². The molecule has 3 heteroatoms. The third-order valence-corrected chi connectivity index (χ3v) is 4.56. The van der Waals surface area contributed by atoms with E-state index in [1.165, 1.54) is 0 Å². The molecule has 1 heterocycles. The molecule has 0 aliphatic rings. The van der Waals surface area contributed by atoms with Gasteiger partial charge in [-0.1, -0.05) is 41.9 Å². The van der Waals surface area contributed by atoms with Gasteiger partial charge in [-0.15, -0.1) is 0 Å². The van der Waals surface area contributed by atoms with Crippen molar-refractivity contribution in [3.63, 3.8) is 0 Å². The van der Waals surface area contributed by atoms with E-state index in [0.717, 1.165) is 38.6 Å². The largest absolute Gasteiger partial charge is 0.456 e. The summed E-state index contributed by atoms with van der Waals surface area (Å²) in [5.74, 6) is 0. The van der Waals surface area contributed by atoms with E-state index < -0.39 is 5.60 Å². The quantitative estimate of drug-likeness (QED) is 0.477. The fourth-order valence-corrected chi connectivity index (χ4v) is 3.34. The molecule has 0 aliphatic carbocycles. The van der Waals surface area contributed by atoms with Gasteiger partial charge in [0.2, 0.25) is 0 Å². The number of para-hydroxylation sites is 1. The van der Waals surface area contributed by atoms with E-state index in [9.17, 15) is 5.11 Å². The predicted molar refractivity (Wildman–Crippen MR) is 99.4 cm³/mol. The maximum absolute atomic E-state index is 10.5. The minimum atomic E-state index is -0.979. The Morgan fingerprint density at radius 1 is 0.875 bits per heavy atom. The SMILES string of the molecule is CC(C)(O)c1cc(Cl)ccc1-c1ccc2oc3ccccc3c2c1. The van der Waals surface area contributed by atoms with Crippen LogP contribution in [-0.4, -0.2) is 5.11 Å². The zero-order valence-corrected chi connectivity index (χ0v) is 14.3. The Hall–Kier alpha value is -2.29. The van der Waals surface area contributed by atoms with Crippen molar-refractivity contribution in [2.75, 3.05) is 0 Å². The average Bonchev–Trinajstić information content (AvgIpc) is 2.92. The molecular weight excluding hydrogens is 320 g/mol. The highest BCUT2D eigenvalue weighted by Gasteiger charge is 2.21. The van der Waals surface area contributed by atoms with Crippen molar-refractivity contribution in [3.05, 3.63) is 71.2 Å².